The molecule has 29 heavy (non-hydrogen) atoms. The van der Waals surface area contributed by atoms with Gasteiger partial charge in [-0.05, 0) is 25.1 Å². The van der Waals surface area contributed by atoms with Gasteiger partial charge in [0.2, 0.25) is 5.91 Å². The van der Waals surface area contributed by atoms with Crippen LogP contribution in [0.5, 0.6) is 0 Å². The molecule has 4 rings (SSSR count). The fourth-order valence-electron chi connectivity index (χ4n) is 3.28. The van der Waals surface area contributed by atoms with Gasteiger partial charge in [-0.25, -0.2) is 14.6 Å². The Balaban J connectivity index is 1.58. The van der Waals surface area contributed by atoms with Gasteiger partial charge in [-0.3, -0.25) is 19.5 Å². The third kappa shape index (κ3) is 3.52. The second-order valence-corrected chi connectivity index (χ2v) is 6.87. The molecule has 0 aliphatic heterocycles. The highest BCUT2D eigenvalue weighted by Gasteiger charge is 2.15. The highest BCUT2D eigenvalue weighted by molar-refractivity contribution is 5.82. The van der Waals surface area contributed by atoms with E-state index in [1.54, 1.807) is 31.3 Å². The van der Waals surface area contributed by atoms with Crippen LogP contribution in [0, 0.1) is 6.92 Å². The number of hydrogen-bond acceptors (Lipinski definition) is 5. The monoisotopic (exact) mass is 389 g/mol. The van der Waals surface area contributed by atoms with Crippen molar-refractivity contribution < 1.29 is 4.79 Å². The first-order valence-corrected chi connectivity index (χ1v) is 9.12. The molecule has 0 spiro atoms. The van der Waals surface area contributed by atoms with Gasteiger partial charge in [-0.1, -0.05) is 30.3 Å². The lowest BCUT2D eigenvalue weighted by Gasteiger charge is -2.17. The fourth-order valence-corrected chi connectivity index (χ4v) is 3.28. The van der Waals surface area contributed by atoms with Crippen LogP contribution in [0.1, 0.15) is 11.5 Å². The second kappa shape index (κ2) is 7.31. The van der Waals surface area contributed by atoms with Gasteiger partial charge in [-0.15, -0.1) is 0 Å². The van der Waals surface area contributed by atoms with Crippen LogP contribution in [0.25, 0.3) is 21.7 Å². The van der Waals surface area contributed by atoms with Crippen molar-refractivity contribution >= 4 is 27.6 Å². The van der Waals surface area contributed by atoms with Gasteiger partial charge in [-0.2, -0.15) is 0 Å². The molecule has 0 saturated carbocycles. The van der Waals surface area contributed by atoms with Gasteiger partial charge < -0.3 is 4.90 Å². The number of aromatic nitrogens is 4. The van der Waals surface area contributed by atoms with Crippen LogP contribution in [0.2, 0.25) is 0 Å². The summed E-state index contributed by atoms with van der Waals surface area (Å²) in [6.45, 7) is 1.81. The predicted molar refractivity (Wildman–Crippen MR) is 110 cm³/mol. The molecule has 0 radical (unpaired) electrons. The Bertz CT molecular complexity index is 1360. The number of rotatable bonds is 4. The van der Waals surface area contributed by atoms with E-state index in [-0.39, 0.29) is 24.4 Å². The number of carbonyl (C=O) groups excluding carboxylic acids is 1. The maximum Gasteiger partial charge on any atom is 0.273 e. The van der Waals surface area contributed by atoms with Crippen LogP contribution < -0.4 is 11.1 Å². The Labute approximate surface area is 165 Å². The highest BCUT2D eigenvalue weighted by Crippen LogP contribution is 2.15. The molecule has 8 heteroatoms. The Kier molecular flexibility index (Phi) is 4.67. The van der Waals surface area contributed by atoms with E-state index in [4.69, 9.17) is 0 Å². The lowest BCUT2D eigenvalue weighted by molar-refractivity contribution is -0.131. The van der Waals surface area contributed by atoms with Crippen LogP contribution in [0.3, 0.4) is 0 Å². The molecular weight excluding hydrogens is 370 g/mol. The topological polar surface area (TPSA) is 101 Å². The van der Waals surface area contributed by atoms with Gasteiger partial charge >= 0.3 is 0 Å². The summed E-state index contributed by atoms with van der Waals surface area (Å²) in [7, 11) is 1.61. The van der Waals surface area contributed by atoms with E-state index in [9.17, 15) is 14.4 Å². The van der Waals surface area contributed by atoms with Gasteiger partial charge in [0.15, 0.2) is 0 Å². The Morgan fingerprint density at radius 3 is 2.41 bits per heavy atom. The Hall–Kier alpha value is -3.81. The number of para-hydroxylation sites is 1. The zero-order valence-electron chi connectivity index (χ0n) is 16.0. The summed E-state index contributed by atoms with van der Waals surface area (Å²) >= 11 is 0. The molecule has 2 aromatic heterocycles. The van der Waals surface area contributed by atoms with Gasteiger partial charge in [0, 0.05) is 18.1 Å². The maximum absolute atomic E-state index is 12.7. The van der Waals surface area contributed by atoms with Crippen molar-refractivity contribution in [2.24, 2.45) is 0 Å². The number of fused-ring (bicyclic) bond motifs is 2. The van der Waals surface area contributed by atoms with Gasteiger partial charge in [0.05, 0.1) is 22.8 Å². The minimum absolute atomic E-state index is 0.192. The molecule has 8 nitrogen and oxygen atoms in total. The molecule has 2 heterocycles. The summed E-state index contributed by atoms with van der Waals surface area (Å²) in [4.78, 5) is 47.8. The molecule has 4 aromatic rings. The number of nitrogens with zero attached hydrogens (tertiary/aromatic N) is 4. The highest BCUT2D eigenvalue weighted by atomic mass is 16.2. The van der Waals surface area contributed by atoms with Crippen molar-refractivity contribution in [3.8, 4) is 0 Å². The summed E-state index contributed by atoms with van der Waals surface area (Å²) in [5.74, 6) is 0.170. The minimum atomic E-state index is -0.417. The van der Waals surface area contributed by atoms with E-state index in [1.807, 2.05) is 31.2 Å². The molecule has 0 fully saturated rings. The fraction of sp³-hybridized carbons (Fsp3) is 0.190. The summed E-state index contributed by atoms with van der Waals surface area (Å²) < 4.78 is 1.04. The molecule has 0 aliphatic rings. The first-order valence-electron chi connectivity index (χ1n) is 9.12. The molecule has 2 aromatic carbocycles. The Morgan fingerprint density at radius 2 is 1.66 bits per heavy atom. The van der Waals surface area contributed by atoms with E-state index in [2.05, 4.69) is 15.1 Å². The number of benzene rings is 2. The Morgan fingerprint density at radius 1 is 1.00 bits per heavy atom. The quantitative estimate of drug-likeness (QED) is 0.571. The zero-order chi connectivity index (χ0) is 20.5. The van der Waals surface area contributed by atoms with Crippen LogP contribution in [-0.2, 0) is 17.9 Å². The lowest BCUT2D eigenvalue weighted by atomic mass is 10.2. The van der Waals surface area contributed by atoms with E-state index in [0.29, 0.717) is 11.2 Å². The third-order valence-corrected chi connectivity index (χ3v) is 4.82. The summed E-state index contributed by atoms with van der Waals surface area (Å²) in [5.41, 5.74) is 0.816. The van der Waals surface area contributed by atoms with E-state index < -0.39 is 11.1 Å². The van der Waals surface area contributed by atoms with E-state index >= 15 is 0 Å². The maximum atomic E-state index is 12.7. The first-order chi connectivity index (χ1) is 13.9. The van der Waals surface area contributed by atoms with E-state index in [1.165, 1.54) is 4.90 Å². The summed E-state index contributed by atoms with van der Waals surface area (Å²) in [5, 5.41) is 4.01. The van der Waals surface area contributed by atoms with Crippen molar-refractivity contribution in [3.63, 3.8) is 0 Å². The van der Waals surface area contributed by atoms with Crippen molar-refractivity contribution in [2.45, 2.75) is 20.0 Å². The molecular formula is C21H19N5O3. The molecule has 1 N–H and O–H groups in total. The van der Waals surface area contributed by atoms with Gasteiger partial charge in [0.1, 0.15) is 12.4 Å². The van der Waals surface area contributed by atoms with E-state index in [0.717, 1.165) is 21.3 Å². The number of nitrogens with one attached hydrogen (secondary N) is 1. The lowest BCUT2D eigenvalue weighted by Crippen LogP contribution is -2.37. The number of aryl methyl sites for hydroxylation is 1. The minimum Gasteiger partial charge on any atom is -0.337 e. The molecule has 146 valence electrons. The number of H-pyrrole nitrogens is 1. The van der Waals surface area contributed by atoms with Crippen molar-refractivity contribution in [1.29, 1.82) is 0 Å². The van der Waals surface area contributed by atoms with Crippen LogP contribution >= 0.6 is 0 Å². The molecule has 1 amide bonds. The number of aromatic amines is 1. The summed E-state index contributed by atoms with van der Waals surface area (Å²) in [6.07, 6.45) is 0. The van der Waals surface area contributed by atoms with Crippen molar-refractivity contribution in [2.75, 3.05) is 7.05 Å². The predicted octanol–water partition coefficient (Wildman–Crippen LogP) is 1.60. The molecule has 0 atom stereocenters. The number of amides is 1. The average Bonchev–Trinajstić information content (AvgIpc) is 2.72. The van der Waals surface area contributed by atoms with Crippen molar-refractivity contribution in [1.82, 2.24) is 24.6 Å². The van der Waals surface area contributed by atoms with Gasteiger partial charge in [0.25, 0.3) is 11.1 Å². The van der Waals surface area contributed by atoms with Crippen LogP contribution in [-0.4, -0.2) is 37.6 Å². The normalized spacial score (nSPS) is 11.1. The SMILES string of the molecule is Cc1nc(CN(C)C(=O)Cn2[nH]c(=O)c3ccccc3c2=O)nc2ccccc12. The molecule has 0 bridgehead atoms. The summed E-state index contributed by atoms with van der Waals surface area (Å²) in [6, 6.07) is 14.2. The number of carbonyl (C=O) groups is 1. The number of hydrogen-bond donors (Lipinski definition) is 1. The molecule has 0 aliphatic carbocycles. The smallest absolute Gasteiger partial charge is 0.273 e. The molecule has 0 saturated heterocycles. The number of likely N-dealkylation sites (N-methyl/N-ethyl adjacent to an activating group) is 1. The molecule has 0 unspecified atom stereocenters. The largest absolute Gasteiger partial charge is 0.337 e. The first kappa shape index (κ1) is 18.5. The standard InChI is InChI=1S/C21H19N5O3/c1-13-14-7-5-6-10-17(14)23-18(22-13)11-25(2)19(27)12-26-21(29)16-9-4-3-8-15(16)20(28)24-26/h3-10H,11-12H2,1-2H3,(H,24,28). The third-order valence-electron chi connectivity index (χ3n) is 4.82. The zero-order valence-corrected chi connectivity index (χ0v) is 16.0. The van der Waals surface area contributed by atoms with Crippen molar-refractivity contribution in [3.05, 3.63) is 80.8 Å². The average molecular weight is 389 g/mol. The van der Waals surface area contributed by atoms with Crippen LogP contribution in [0.4, 0.5) is 0 Å². The van der Waals surface area contributed by atoms with Crippen LogP contribution in [0.15, 0.2) is 58.1 Å². The second-order valence-electron chi connectivity index (χ2n) is 6.87.